The average Bonchev–Trinajstić information content (AvgIpc) is 2.38. The van der Waals surface area contributed by atoms with Gasteiger partial charge in [-0.2, -0.15) is 0 Å². The SMILES string of the molecule is CCCCCCCNC(=S)SCCCCCCC.[H-].[Na+]. The van der Waals surface area contributed by atoms with Crippen LogP contribution in [0, 0.1) is 0 Å². The van der Waals surface area contributed by atoms with Crippen LogP contribution in [0.15, 0.2) is 0 Å². The van der Waals surface area contributed by atoms with Gasteiger partial charge in [0, 0.05) is 12.3 Å². The molecule has 0 spiro atoms. The first kappa shape index (κ1) is 22.5. The Hall–Kier alpha value is 1.24. The summed E-state index contributed by atoms with van der Waals surface area (Å²) in [5, 5.41) is 3.36. The summed E-state index contributed by atoms with van der Waals surface area (Å²) in [7, 11) is 0. The molecule has 0 aromatic heterocycles. The third-order valence-electron chi connectivity index (χ3n) is 3.03. The van der Waals surface area contributed by atoms with Crippen molar-refractivity contribution >= 4 is 28.3 Å². The minimum Gasteiger partial charge on any atom is -1.00 e. The van der Waals surface area contributed by atoms with Crippen LogP contribution in [0.4, 0.5) is 0 Å². The summed E-state index contributed by atoms with van der Waals surface area (Å²) in [4.78, 5) is 0. The molecule has 19 heavy (non-hydrogen) atoms. The molecule has 1 nitrogen and oxygen atoms in total. The first-order chi connectivity index (χ1) is 8.81. The van der Waals surface area contributed by atoms with E-state index in [1.165, 1.54) is 70.0 Å². The maximum atomic E-state index is 5.31. The molecule has 0 rings (SSSR count). The van der Waals surface area contributed by atoms with E-state index < -0.39 is 0 Å². The Morgan fingerprint density at radius 3 is 2.00 bits per heavy atom. The number of thioether (sulfide) groups is 1. The fourth-order valence-corrected chi connectivity index (χ4v) is 2.93. The first-order valence-corrected chi connectivity index (χ1v) is 9.11. The first-order valence-electron chi connectivity index (χ1n) is 7.71. The zero-order valence-corrected chi connectivity index (χ0v) is 16.9. The summed E-state index contributed by atoms with van der Waals surface area (Å²) < 4.78 is 1.00. The van der Waals surface area contributed by atoms with Gasteiger partial charge < -0.3 is 6.74 Å². The molecule has 0 amide bonds. The molecule has 0 heterocycles. The fourth-order valence-electron chi connectivity index (χ4n) is 1.84. The van der Waals surface area contributed by atoms with Gasteiger partial charge in [0.15, 0.2) is 0 Å². The third kappa shape index (κ3) is 19.2. The number of rotatable bonds is 12. The fraction of sp³-hybridized carbons (Fsp3) is 0.933. The van der Waals surface area contributed by atoms with Crippen molar-refractivity contribution in [1.29, 1.82) is 0 Å². The van der Waals surface area contributed by atoms with E-state index in [-0.39, 0.29) is 31.0 Å². The second-order valence-electron chi connectivity index (χ2n) is 4.89. The maximum absolute atomic E-state index is 5.31. The molecule has 0 radical (unpaired) electrons. The Morgan fingerprint density at radius 1 is 0.895 bits per heavy atom. The number of nitrogens with one attached hydrogen (secondary N) is 1. The number of hydrogen-bond donors (Lipinski definition) is 1. The molecular formula is C15H32NNaS2. The Kier molecular flexibility index (Phi) is 22.8. The molecule has 0 fully saturated rings. The van der Waals surface area contributed by atoms with Gasteiger partial charge >= 0.3 is 29.6 Å². The van der Waals surface area contributed by atoms with Gasteiger partial charge in [0.05, 0.1) is 0 Å². The predicted octanol–water partition coefficient (Wildman–Crippen LogP) is 2.65. The molecule has 0 bridgehead atoms. The van der Waals surface area contributed by atoms with Crippen LogP contribution in [0.25, 0.3) is 0 Å². The van der Waals surface area contributed by atoms with Crippen LogP contribution in [0.1, 0.15) is 79.5 Å². The third-order valence-corrected chi connectivity index (χ3v) is 4.43. The Labute approximate surface area is 154 Å². The smallest absolute Gasteiger partial charge is 1.00 e. The molecule has 0 aromatic rings. The van der Waals surface area contributed by atoms with Crippen molar-refractivity contribution in [2.45, 2.75) is 78.1 Å². The van der Waals surface area contributed by atoms with Gasteiger partial charge in [-0.25, -0.2) is 0 Å². The molecule has 4 heteroatoms. The van der Waals surface area contributed by atoms with E-state index in [0.29, 0.717) is 0 Å². The Morgan fingerprint density at radius 2 is 1.42 bits per heavy atom. The van der Waals surface area contributed by atoms with Crippen molar-refractivity contribution in [2.75, 3.05) is 12.3 Å². The monoisotopic (exact) mass is 313 g/mol. The second-order valence-corrected chi connectivity index (χ2v) is 6.66. The second kappa shape index (κ2) is 19.2. The molecule has 0 saturated heterocycles. The summed E-state index contributed by atoms with van der Waals surface area (Å²) in [6, 6.07) is 0. The molecular weight excluding hydrogens is 281 g/mol. The van der Waals surface area contributed by atoms with E-state index in [1.807, 2.05) is 11.8 Å². The van der Waals surface area contributed by atoms with Crippen molar-refractivity contribution in [3.8, 4) is 0 Å². The standard InChI is InChI=1S/C15H31NS2.Na.H/c1-3-5-7-9-11-13-16-15(17)18-14-12-10-8-6-4-2;;/h3-14H2,1-2H3,(H,16,17);;/q;+1;-1. The van der Waals surface area contributed by atoms with Gasteiger partial charge in [0.1, 0.15) is 4.32 Å². The summed E-state index contributed by atoms with van der Waals surface area (Å²) >= 11 is 7.13. The molecule has 0 aliphatic carbocycles. The van der Waals surface area contributed by atoms with E-state index in [1.54, 1.807) is 0 Å². The van der Waals surface area contributed by atoms with Gasteiger partial charge in [0.25, 0.3) is 0 Å². The van der Waals surface area contributed by atoms with Crippen molar-refractivity contribution in [3.63, 3.8) is 0 Å². The van der Waals surface area contributed by atoms with Gasteiger partial charge in [-0.15, -0.1) is 0 Å². The van der Waals surface area contributed by atoms with Crippen molar-refractivity contribution in [1.82, 2.24) is 5.32 Å². The summed E-state index contributed by atoms with van der Waals surface area (Å²) in [5.41, 5.74) is 0. The van der Waals surface area contributed by atoms with E-state index >= 15 is 0 Å². The van der Waals surface area contributed by atoms with Crippen LogP contribution in [0.3, 0.4) is 0 Å². The van der Waals surface area contributed by atoms with Crippen molar-refractivity contribution < 1.29 is 31.0 Å². The zero-order valence-electron chi connectivity index (χ0n) is 14.3. The minimum absolute atomic E-state index is 0. The molecule has 0 aromatic carbocycles. The molecule has 0 aliphatic rings. The predicted molar refractivity (Wildman–Crippen MR) is 91.7 cm³/mol. The summed E-state index contributed by atoms with van der Waals surface area (Å²) in [6.07, 6.45) is 13.4. The number of hydrogen-bond acceptors (Lipinski definition) is 2. The van der Waals surface area contributed by atoms with E-state index in [2.05, 4.69) is 19.2 Å². The topological polar surface area (TPSA) is 12.0 Å². The maximum Gasteiger partial charge on any atom is 1.00 e. The van der Waals surface area contributed by atoms with Crippen LogP contribution in [-0.2, 0) is 0 Å². The van der Waals surface area contributed by atoms with Gasteiger partial charge in [-0.1, -0.05) is 89.2 Å². The van der Waals surface area contributed by atoms with Crippen LogP contribution >= 0.6 is 24.0 Å². The Bertz CT molecular complexity index is 177. The molecule has 0 atom stereocenters. The van der Waals surface area contributed by atoms with E-state index in [4.69, 9.17) is 12.2 Å². The van der Waals surface area contributed by atoms with Gasteiger partial charge in [0.2, 0.25) is 0 Å². The minimum atomic E-state index is 0. The largest absolute Gasteiger partial charge is 1.00 e. The van der Waals surface area contributed by atoms with Crippen LogP contribution < -0.4 is 34.9 Å². The number of unbranched alkanes of at least 4 members (excludes halogenated alkanes) is 8. The van der Waals surface area contributed by atoms with Crippen molar-refractivity contribution in [3.05, 3.63) is 0 Å². The van der Waals surface area contributed by atoms with Gasteiger partial charge in [-0.05, 0) is 12.8 Å². The average molecular weight is 314 g/mol. The van der Waals surface area contributed by atoms with Crippen LogP contribution in [0.5, 0.6) is 0 Å². The van der Waals surface area contributed by atoms with Crippen LogP contribution in [-0.4, -0.2) is 16.6 Å². The van der Waals surface area contributed by atoms with E-state index in [0.717, 1.165) is 10.9 Å². The van der Waals surface area contributed by atoms with Crippen LogP contribution in [0.2, 0.25) is 0 Å². The Balaban J connectivity index is -0.00000144. The molecule has 0 saturated carbocycles. The number of thiocarbonyl (C=S) groups is 1. The molecule has 0 unspecified atom stereocenters. The summed E-state index contributed by atoms with van der Waals surface area (Å²) in [6.45, 7) is 5.57. The summed E-state index contributed by atoms with van der Waals surface area (Å²) in [5.74, 6) is 1.19. The molecule has 110 valence electrons. The quantitative estimate of drug-likeness (QED) is 0.338. The van der Waals surface area contributed by atoms with E-state index in [9.17, 15) is 0 Å². The van der Waals surface area contributed by atoms with Gasteiger partial charge in [-0.3, -0.25) is 0 Å². The normalized spacial score (nSPS) is 10.0. The van der Waals surface area contributed by atoms with Crippen molar-refractivity contribution in [2.24, 2.45) is 0 Å². The molecule has 0 aliphatic heterocycles. The zero-order chi connectivity index (χ0) is 13.5. The molecule has 1 N–H and O–H groups in total.